The molecule has 1 N–H and O–H groups in total. The van der Waals surface area contributed by atoms with Crippen LogP contribution >= 0.6 is 0 Å². The van der Waals surface area contributed by atoms with Crippen molar-refractivity contribution in [2.45, 2.75) is 19.4 Å². The van der Waals surface area contributed by atoms with Gasteiger partial charge >= 0.3 is 0 Å². The molecule has 1 aromatic heterocycles. The number of para-hydroxylation sites is 1. The van der Waals surface area contributed by atoms with Gasteiger partial charge in [0.05, 0.1) is 5.69 Å². The maximum absolute atomic E-state index is 11.2. The molecule has 0 atom stereocenters. The van der Waals surface area contributed by atoms with E-state index in [1.165, 1.54) is 0 Å². The predicted octanol–water partition coefficient (Wildman–Crippen LogP) is 2.21. The van der Waals surface area contributed by atoms with Gasteiger partial charge < -0.3 is 5.32 Å². The van der Waals surface area contributed by atoms with Crippen molar-refractivity contribution in [1.82, 2.24) is 15.1 Å². The van der Waals surface area contributed by atoms with E-state index in [1.54, 1.807) is 12.3 Å². The highest BCUT2D eigenvalue weighted by atomic mass is 16.1. The van der Waals surface area contributed by atoms with Crippen LogP contribution in [0, 0.1) is 0 Å². The third-order valence-electron chi connectivity index (χ3n) is 3.22. The van der Waals surface area contributed by atoms with Crippen molar-refractivity contribution in [2.24, 2.45) is 0 Å². The zero-order chi connectivity index (χ0) is 13.1. The van der Waals surface area contributed by atoms with Crippen molar-refractivity contribution < 1.29 is 4.79 Å². The largest absolute Gasteiger partial charge is 0.384 e. The van der Waals surface area contributed by atoms with Crippen LogP contribution in [0.15, 0.2) is 54.5 Å². The number of carbonyl (C=O) groups is 1. The lowest BCUT2D eigenvalue weighted by atomic mass is 10.1. The first-order chi connectivity index (χ1) is 9.33. The molecule has 3 rings (SSSR count). The Bertz CT molecular complexity index is 614. The van der Waals surface area contributed by atoms with Gasteiger partial charge in [-0.1, -0.05) is 18.2 Å². The van der Waals surface area contributed by atoms with Gasteiger partial charge in [-0.05, 0) is 24.1 Å². The van der Waals surface area contributed by atoms with E-state index in [-0.39, 0.29) is 5.78 Å². The summed E-state index contributed by atoms with van der Waals surface area (Å²) in [5.41, 5.74) is 3.25. The minimum absolute atomic E-state index is 0.211. The number of rotatable bonds is 4. The average Bonchev–Trinajstić information content (AvgIpc) is 3.08. The maximum atomic E-state index is 11.2. The molecule has 0 fully saturated rings. The quantitative estimate of drug-likeness (QED) is 0.908. The molecule has 0 bridgehead atoms. The van der Waals surface area contributed by atoms with Crippen LogP contribution in [0.2, 0.25) is 0 Å². The zero-order valence-electron chi connectivity index (χ0n) is 10.5. The van der Waals surface area contributed by atoms with Crippen LogP contribution in [0.4, 0.5) is 0 Å². The second kappa shape index (κ2) is 5.10. The SMILES string of the molecule is O=C1C=C(NCc2ccccc2-n2cccn2)CC1. The standard InChI is InChI=1S/C15H15N3O/c19-14-7-6-13(10-14)16-11-12-4-1-2-5-15(12)18-9-3-8-17-18/h1-5,8-10,16H,6-7,11H2. The van der Waals surface area contributed by atoms with Crippen LogP contribution in [-0.2, 0) is 11.3 Å². The highest BCUT2D eigenvalue weighted by Gasteiger charge is 2.12. The summed E-state index contributed by atoms with van der Waals surface area (Å²) < 4.78 is 1.85. The number of nitrogens with one attached hydrogen (secondary N) is 1. The smallest absolute Gasteiger partial charge is 0.157 e. The lowest BCUT2D eigenvalue weighted by Gasteiger charge is -2.11. The topological polar surface area (TPSA) is 46.9 Å². The lowest BCUT2D eigenvalue weighted by Crippen LogP contribution is -2.13. The van der Waals surface area contributed by atoms with Crippen LogP contribution in [-0.4, -0.2) is 15.6 Å². The predicted molar refractivity (Wildman–Crippen MR) is 72.7 cm³/mol. The van der Waals surface area contributed by atoms with Crippen molar-refractivity contribution in [2.75, 3.05) is 0 Å². The molecule has 19 heavy (non-hydrogen) atoms. The first-order valence-corrected chi connectivity index (χ1v) is 6.38. The number of nitrogens with zero attached hydrogens (tertiary/aromatic N) is 2. The molecule has 0 spiro atoms. The molecule has 1 aliphatic rings. The molecule has 1 aliphatic carbocycles. The van der Waals surface area contributed by atoms with Crippen molar-refractivity contribution in [1.29, 1.82) is 0 Å². The number of hydrogen-bond donors (Lipinski definition) is 1. The number of benzene rings is 1. The minimum atomic E-state index is 0.211. The number of hydrogen-bond acceptors (Lipinski definition) is 3. The molecule has 0 saturated heterocycles. The van der Waals surface area contributed by atoms with E-state index in [2.05, 4.69) is 16.5 Å². The van der Waals surface area contributed by atoms with E-state index >= 15 is 0 Å². The summed E-state index contributed by atoms with van der Waals surface area (Å²) in [7, 11) is 0. The first-order valence-electron chi connectivity index (χ1n) is 6.38. The summed E-state index contributed by atoms with van der Waals surface area (Å²) in [6.45, 7) is 0.704. The third-order valence-corrected chi connectivity index (χ3v) is 3.22. The van der Waals surface area contributed by atoms with Gasteiger partial charge in [-0.25, -0.2) is 4.68 Å². The molecule has 1 aromatic carbocycles. The summed E-state index contributed by atoms with van der Waals surface area (Å²) >= 11 is 0. The second-order valence-electron chi connectivity index (χ2n) is 4.57. The number of ketones is 1. The third kappa shape index (κ3) is 2.57. The summed E-state index contributed by atoms with van der Waals surface area (Å²) in [6.07, 6.45) is 6.85. The lowest BCUT2D eigenvalue weighted by molar-refractivity contribution is -0.114. The van der Waals surface area contributed by atoms with Gasteiger partial charge in [0, 0.05) is 37.1 Å². The van der Waals surface area contributed by atoms with Gasteiger partial charge in [-0.2, -0.15) is 5.10 Å². The summed E-state index contributed by atoms with van der Waals surface area (Å²) in [5.74, 6) is 0.211. The number of allylic oxidation sites excluding steroid dienone is 2. The first kappa shape index (κ1) is 11.7. The van der Waals surface area contributed by atoms with Gasteiger partial charge in [0.15, 0.2) is 5.78 Å². The summed E-state index contributed by atoms with van der Waals surface area (Å²) in [4.78, 5) is 11.2. The number of carbonyl (C=O) groups excluding carboxylic acids is 1. The van der Waals surface area contributed by atoms with Crippen molar-refractivity contribution in [3.8, 4) is 5.69 Å². The fourth-order valence-corrected chi connectivity index (χ4v) is 2.24. The Hall–Kier alpha value is -2.36. The Morgan fingerprint density at radius 2 is 2.11 bits per heavy atom. The zero-order valence-corrected chi connectivity index (χ0v) is 10.5. The molecule has 96 valence electrons. The maximum Gasteiger partial charge on any atom is 0.157 e. The van der Waals surface area contributed by atoms with Crippen LogP contribution in [0.3, 0.4) is 0 Å². The van der Waals surface area contributed by atoms with Crippen molar-refractivity contribution >= 4 is 5.78 Å². The molecule has 0 amide bonds. The van der Waals surface area contributed by atoms with E-state index in [1.807, 2.05) is 35.1 Å². The molecule has 2 aromatic rings. The monoisotopic (exact) mass is 253 g/mol. The Morgan fingerprint density at radius 1 is 1.21 bits per heavy atom. The Labute approximate surface area is 111 Å². The number of aromatic nitrogens is 2. The molecule has 0 aliphatic heterocycles. The highest BCUT2D eigenvalue weighted by Crippen LogP contribution is 2.16. The van der Waals surface area contributed by atoms with Crippen molar-refractivity contribution in [3.05, 3.63) is 60.1 Å². The fraction of sp³-hybridized carbons (Fsp3) is 0.200. The van der Waals surface area contributed by atoms with E-state index < -0.39 is 0 Å². The summed E-state index contributed by atoms with van der Waals surface area (Å²) in [6, 6.07) is 10.0. The van der Waals surface area contributed by atoms with E-state index in [0.717, 1.165) is 23.4 Å². The van der Waals surface area contributed by atoms with Crippen LogP contribution in [0.1, 0.15) is 18.4 Å². The Kier molecular flexibility index (Phi) is 3.14. The van der Waals surface area contributed by atoms with Gasteiger partial charge in [0.2, 0.25) is 0 Å². The molecule has 4 nitrogen and oxygen atoms in total. The molecule has 0 saturated carbocycles. The normalized spacial score (nSPS) is 14.5. The molecular formula is C15H15N3O. The van der Waals surface area contributed by atoms with Gasteiger partial charge in [-0.15, -0.1) is 0 Å². The molecule has 4 heteroatoms. The van der Waals surface area contributed by atoms with E-state index in [9.17, 15) is 4.79 Å². The fourth-order valence-electron chi connectivity index (χ4n) is 2.24. The minimum Gasteiger partial charge on any atom is -0.384 e. The van der Waals surface area contributed by atoms with E-state index in [0.29, 0.717) is 13.0 Å². The summed E-state index contributed by atoms with van der Waals surface area (Å²) in [5, 5.41) is 7.59. The van der Waals surface area contributed by atoms with Crippen LogP contribution in [0.25, 0.3) is 5.69 Å². The molecule has 0 radical (unpaired) electrons. The van der Waals surface area contributed by atoms with E-state index in [4.69, 9.17) is 0 Å². The molecule has 0 unspecified atom stereocenters. The van der Waals surface area contributed by atoms with Crippen LogP contribution < -0.4 is 5.32 Å². The van der Waals surface area contributed by atoms with Crippen LogP contribution in [0.5, 0.6) is 0 Å². The van der Waals surface area contributed by atoms with Gasteiger partial charge in [0.25, 0.3) is 0 Å². The second-order valence-corrected chi connectivity index (χ2v) is 4.57. The van der Waals surface area contributed by atoms with Gasteiger partial charge in [-0.3, -0.25) is 4.79 Å². The highest BCUT2D eigenvalue weighted by molar-refractivity contribution is 5.92. The van der Waals surface area contributed by atoms with Crippen molar-refractivity contribution in [3.63, 3.8) is 0 Å². The molecule has 1 heterocycles. The Balaban J connectivity index is 1.78. The Morgan fingerprint density at radius 3 is 2.84 bits per heavy atom. The average molecular weight is 253 g/mol. The molecular weight excluding hydrogens is 238 g/mol. The van der Waals surface area contributed by atoms with Gasteiger partial charge in [0.1, 0.15) is 0 Å².